The lowest BCUT2D eigenvalue weighted by atomic mass is 9.93. The minimum Gasteiger partial charge on any atom is -0.378 e. The predicted octanol–water partition coefficient (Wildman–Crippen LogP) is 6.25. The number of likely N-dealkylation sites (tertiary alicyclic amines) is 1. The van der Waals surface area contributed by atoms with E-state index in [0.717, 1.165) is 36.5 Å². The average Bonchev–Trinajstić information content (AvgIpc) is 2.84. The smallest absolute Gasteiger partial charge is 0.199 e. The zero-order valence-corrected chi connectivity index (χ0v) is 22.4. The van der Waals surface area contributed by atoms with Crippen LogP contribution in [0.4, 0.5) is 11.4 Å². The maximum Gasteiger partial charge on any atom is 0.199 e. The van der Waals surface area contributed by atoms with Crippen molar-refractivity contribution in [2.45, 2.75) is 83.1 Å². The van der Waals surface area contributed by atoms with Gasteiger partial charge in [0.1, 0.15) is 0 Å². The molecule has 2 aliphatic heterocycles. The van der Waals surface area contributed by atoms with Gasteiger partial charge in [-0.3, -0.25) is 0 Å². The van der Waals surface area contributed by atoms with E-state index in [9.17, 15) is 0 Å². The first-order chi connectivity index (χ1) is 16.7. The minimum atomic E-state index is 0.442. The van der Waals surface area contributed by atoms with Crippen LogP contribution in [0.5, 0.6) is 0 Å². The molecule has 0 atom stereocenters. The van der Waals surface area contributed by atoms with Gasteiger partial charge >= 0.3 is 0 Å². The summed E-state index contributed by atoms with van der Waals surface area (Å²) >= 11 is 7.11. The van der Waals surface area contributed by atoms with Gasteiger partial charge in [-0.2, -0.15) is 4.99 Å². The Bertz CT molecular complexity index is 775. The summed E-state index contributed by atoms with van der Waals surface area (Å²) in [6.45, 7) is 4.89. The van der Waals surface area contributed by atoms with E-state index < -0.39 is 0 Å². The number of piperidine rings is 2. The van der Waals surface area contributed by atoms with Gasteiger partial charge in [-0.25, -0.2) is 0 Å². The van der Waals surface area contributed by atoms with Gasteiger partial charge < -0.3 is 20.9 Å². The van der Waals surface area contributed by atoms with Crippen LogP contribution >= 0.6 is 24.0 Å². The van der Waals surface area contributed by atoms with E-state index >= 15 is 0 Å². The van der Waals surface area contributed by atoms with E-state index in [-0.39, 0.29) is 0 Å². The number of rotatable bonds is 5. The molecule has 1 aliphatic carbocycles. The lowest BCUT2D eigenvalue weighted by molar-refractivity contribution is 0.141. The topological polar surface area (TPSA) is 56.9 Å². The highest BCUT2D eigenvalue weighted by molar-refractivity contribution is 8.13. The molecule has 4 rings (SSSR count). The molecule has 0 unspecified atom stereocenters. The number of amidine groups is 1. The normalized spacial score (nSPS) is 22.2. The quantitative estimate of drug-likeness (QED) is 0.283. The second kappa shape index (κ2) is 13.7. The molecule has 34 heavy (non-hydrogen) atoms. The fraction of sp³-hybridized carbons (Fsp3) is 0.704. The molecule has 3 aliphatic rings. The highest BCUT2D eigenvalue weighted by Gasteiger charge is 2.25. The number of thioether (sulfide) groups is 1. The molecular formula is C27H43N5S2. The van der Waals surface area contributed by atoms with Crippen LogP contribution < -0.4 is 16.0 Å². The molecule has 3 N–H and O–H groups in total. The van der Waals surface area contributed by atoms with Gasteiger partial charge in [0.05, 0.1) is 0 Å². The summed E-state index contributed by atoms with van der Waals surface area (Å²) in [5.74, 6) is 1.82. The van der Waals surface area contributed by atoms with Crippen molar-refractivity contribution in [1.82, 2.24) is 4.90 Å². The summed E-state index contributed by atoms with van der Waals surface area (Å²) in [5, 5.41) is 4.25. The maximum atomic E-state index is 6.18. The van der Waals surface area contributed by atoms with Crippen molar-refractivity contribution < 1.29 is 0 Å². The van der Waals surface area contributed by atoms with E-state index in [2.05, 4.69) is 44.4 Å². The van der Waals surface area contributed by atoms with Crippen molar-refractivity contribution in [3.05, 3.63) is 24.3 Å². The Morgan fingerprint density at radius 2 is 1.50 bits per heavy atom. The fourth-order valence-electron chi connectivity index (χ4n) is 5.72. The first-order valence-corrected chi connectivity index (χ1v) is 14.9. The molecule has 3 fully saturated rings. The van der Waals surface area contributed by atoms with Gasteiger partial charge in [-0.1, -0.05) is 50.3 Å². The summed E-state index contributed by atoms with van der Waals surface area (Å²) in [6, 6.07) is 9.38. The van der Waals surface area contributed by atoms with Crippen molar-refractivity contribution in [3.63, 3.8) is 0 Å². The molecule has 5 nitrogen and oxygen atoms in total. The Morgan fingerprint density at radius 3 is 2.18 bits per heavy atom. The molecular weight excluding hydrogens is 458 g/mol. The Kier molecular flexibility index (Phi) is 10.4. The van der Waals surface area contributed by atoms with Crippen LogP contribution in [0, 0.1) is 5.92 Å². The van der Waals surface area contributed by atoms with Crippen molar-refractivity contribution in [3.8, 4) is 0 Å². The zero-order chi connectivity index (χ0) is 23.6. The van der Waals surface area contributed by atoms with Crippen LogP contribution in [-0.2, 0) is 0 Å². The third-order valence-electron chi connectivity index (χ3n) is 7.76. The summed E-state index contributed by atoms with van der Waals surface area (Å²) in [5.41, 5.74) is 8.45. The van der Waals surface area contributed by atoms with Crippen molar-refractivity contribution >= 4 is 45.6 Å². The fourth-order valence-corrected chi connectivity index (χ4v) is 6.89. The molecule has 0 aromatic heterocycles. The van der Waals surface area contributed by atoms with E-state index in [1.807, 2.05) is 0 Å². The number of thiocarbonyl (C=S) groups is 1. The number of nitrogens with zero attached hydrogens (tertiary/aromatic N) is 3. The van der Waals surface area contributed by atoms with E-state index in [0.29, 0.717) is 10.3 Å². The van der Waals surface area contributed by atoms with Crippen LogP contribution in [-0.4, -0.2) is 53.2 Å². The van der Waals surface area contributed by atoms with Gasteiger partial charge in [0.25, 0.3) is 0 Å². The zero-order valence-electron chi connectivity index (χ0n) is 20.7. The molecule has 2 saturated heterocycles. The van der Waals surface area contributed by atoms with Crippen molar-refractivity contribution in [2.75, 3.05) is 42.1 Å². The molecule has 1 aromatic carbocycles. The molecule has 2 heterocycles. The number of benzene rings is 1. The highest BCUT2D eigenvalue weighted by atomic mass is 32.2. The van der Waals surface area contributed by atoms with Crippen LogP contribution in [0.1, 0.15) is 77.0 Å². The Labute approximate surface area is 216 Å². The maximum absolute atomic E-state index is 6.18. The number of hydrogen-bond acceptors (Lipinski definition) is 4. The largest absolute Gasteiger partial charge is 0.378 e. The second-order valence-corrected chi connectivity index (χ2v) is 11.7. The number of nitrogens with one attached hydrogen (secondary N) is 1. The third-order valence-corrected chi connectivity index (χ3v) is 8.98. The summed E-state index contributed by atoms with van der Waals surface area (Å²) in [7, 11) is 0. The summed E-state index contributed by atoms with van der Waals surface area (Å²) < 4.78 is 0. The lowest BCUT2D eigenvalue weighted by Gasteiger charge is -2.41. The average molecular weight is 502 g/mol. The summed E-state index contributed by atoms with van der Waals surface area (Å²) in [4.78, 5) is 9.68. The van der Waals surface area contributed by atoms with Gasteiger partial charge in [0, 0.05) is 36.3 Å². The Balaban J connectivity index is 1.19. The first kappa shape index (κ1) is 25.8. The van der Waals surface area contributed by atoms with Crippen molar-refractivity contribution in [1.29, 1.82) is 0 Å². The Hall–Kier alpha value is -1.31. The van der Waals surface area contributed by atoms with Gasteiger partial charge in [-0.15, -0.1) is 0 Å². The molecule has 188 valence electrons. The number of nitrogens with two attached hydrogens (primary N) is 1. The van der Waals surface area contributed by atoms with Gasteiger partial charge in [0.15, 0.2) is 10.3 Å². The van der Waals surface area contributed by atoms with Crippen LogP contribution in [0.15, 0.2) is 29.3 Å². The lowest BCUT2D eigenvalue weighted by Crippen LogP contribution is -2.46. The third kappa shape index (κ3) is 8.13. The van der Waals surface area contributed by atoms with E-state index in [1.165, 1.54) is 95.8 Å². The van der Waals surface area contributed by atoms with Gasteiger partial charge in [-0.05, 0) is 94.0 Å². The highest BCUT2D eigenvalue weighted by Crippen LogP contribution is 2.27. The van der Waals surface area contributed by atoms with Crippen LogP contribution in [0.3, 0.4) is 0 Å². The monoisotopic (exact) mass is 501 g/mol. The molecule has 0 spiro atoms. The number of anilines is 2. The molecule has 1 saturated carbocycles. The SMILES string of the molecule is N/C(=N\C(=S)Nc1ccc(N2CCC(N3CCCCC3)CC2)cc1)SCC1CCCCCCC1. The van der Waals surface area contributed by atoms with E-state index in [4.69, 9.17) is 18.0 Å². The molecule has 0 radical (unpaired) electrons. The number of hydrogen-bond donors (Lipinski definition) is 2. The second-order valence-electron chi connectivity index (χ2n) is 10.3. The van der Waals surface area contributed by atoms with Crippen LogP contribution in [0.2, 0.25) is 0 Å². The van der Waals surface area contributed by atoms with Gasteiger partial charge in [0.2, 0.25) is 0 Å². The molecule has 1 aromatic rings. The van der Waals surface area contributed by atoms with Crippen molar-refractivity contribution in [2.24, 2.45) is 16.6 Å². The first-order valence-electron chi connectivity index (χ1n) is 13.5. The Morgan fingerprint density at radius 1 is 0.882 bits per heavy atom. The molecule has 0 bridgehead atoms. The van der Waals surface area contributed by atoms with Crippen LogP contribution in [0.25, 0.3) is 0 Å². The molecule has 0 amide bonds. The standard InChI is InChI=1S/C27H43N5S2/c28-26(34-21-22-9-5-2-1-3-6-10-22)30-27(33)29-23-11-13-24(14-12-23)32-19-15-25(16-20-32)31-17-7-4-8-18-31/h11-14,22,25H,1-10,15-21H2,(H3,28,29,30,33). The predicted molar refractivity (Wildman–Crippen MR) is 153 cm³/mol. The van der Waals surface area contributed by atoms with E-state index in [1.54, 1.807) is 11.8 Å². The minimum absolute atomic E-state index is 0.442. The number of aliphatic imine (C=N–C) groups is 1. The molecule has 7 heteroatoms. The summed E-state index contributed by atoms with van der Waals surface area (Å²) in [6.07, 6.45) is 16.3.